The van der Waals surface area contributed by atoms with E-state index in [1.54, 1.807) is 0 Å². The lowest BCUT2D eigenvalue weighted by atomic mass is 9.83. The molecule has 18 heavy (non-hydrogen) atoms. The third-order valence-electron chi connectivity index (χ3n) is 3.88. The molecule has 3 atom stereocenters. The van der Waals surface area contributed by atoms with Crippen molar-refractivity contribution >= 4 is 23.5 Å². The third kappa shape index (κ3) is 4.06. The largest absolute Gasteiger partial charge is 0.392 e. The maximum absolute atomic E-state index is 10.3. The molecule has 0 aliphatic carbocycles. The van der Waals surface area contributed by atoms with E-state index in [-0.39, 0.29) is 11.7 Å². The Labute approximate surface area is 120 Å². The fourth-order valence-electron chi connectivity index (χ4n) is 2.82. The molecular formula is C14H26O2S2. The summed E-state index contributed by atoms with van der Waals surface area (Å²) in [5, 5.41) is 10.3. The number of hydrogen-bond donors (Lipinski definition) is 1. The zero-order chi connectivity index (χ0) is 13.0. The first-order chi connectivity index (χ1) is 8.61. The van der Waals surface area contributed by atoms with Crippen molar-refractivity contribution in [1.82, 2.24) is 0 Å². The number of aliphatic hydroxyl groups is 1. The van der Waals surface area contributed by atoms with Gasteiger partial charge in [0.05, 0.1) is 11.7 Å². The van der Waals surface area contributed by atoms with Gasteiger partial charge in [0.1, 0.15) is 0 Å². The summed E-state index contributed by atoms with van der Waals surface area (Å²) in [6, 6.07) is 0. The second-order valence-corrected chi connectivity index (χ2v) is 8.27. The van der Waals surface area contributed by atoms with E-state index >= 15 is 0 Å². The van der Waals surface area contributed by atoms with Crippen LogP contribution in [0.3, 0.4) is 0 Å². The van der Waals surface area contributed by atoms with Crippen molar-refractivity contribution in [3.63, 3.8) is 0 Å². The first-order valence-electron chi connectivity index (χ1n) is 7.09. The van der Waals surface area contributed by atoms with E-state index in [1.165, 1.54) is 12.2 Å². The maximum Gasteiger partial charge on any atom is 0.0783 e. The molecule has 0 aromatic carbocycles. The van der Waals surface area contributed by atoms with Crippen molar-refractivity contribution in [3.8, 4) is 0 Å². The Bertz CT molecular complexity index is 252. The van der Waals surface area contributed by atoms with E-state index in [9.17, 15) is 5.11 Å². The van der Waals surface area contributed by atoms with E-state index in [2.05, 4.69) is 13.8 Å². The van der Waals surface area contributed by atoms with Gasteiger partial charge in [0.2, 0.25) is 0 Å². The first-order valence-corrected chi connectivity index (χ1v) is 9.40. The smallest absolute Gasteiger partial charge is 0.0783 e. The van der Waals surface area contributed by atoms with Crippen LogP contribution in [-0.4, -0.2) is 46.4 Å². The van der Waals surface area contributed by atoms with Crippen molar-refractivity contribution in [3.05, 3.63) is 0 Å². The summed E-state index contributed by atoms with van der Waals surface area (Å²) < 4.78 is 6.01. The van der Waals surface area contributed by atoms with Crippen molar-refractivity contribution in [2.45, 2.75) is 44.8 Å². The van der Waals surface area contributed by atoms with Crippen LogP contribution in [0.2, 0.25) is 0 Å². The highest BCUT2D eigenvalue weighted by Crippen LogP contribution is 2.41. The summed E-state index contributed by atoms with van der Waals surface area (Å²) in [5.41, 5.74) is 0.108. The standard InChI is InChI=1S/C14H26O2S2/c1-11(2)8-18-9-13(15)12-3-5-16-14(7-12)4-6-17-10-14/h11-13,15H,3-10H2,1-2H3. The van der Waals surface area contributed by atoms with Gasteiger partial charge in [0, 0.05) is 18.1 Å². The van der Waals surface area contributed by atoms with Crippen LogP contribution < -0.4 is 0 Å². The predicted octanol–water partition coefficient (Wildman–Crippen LogP) is 3.04. The van der Waals surface area contributed by atoms with Gasteiger partial charge in [-0.2, -0.15) is 23.5 Å². The number of aliphatic hydroxyl groups excluding tert-OH is 1. The molecule has 0 aromatic rings. The second kappa shape index (κ2) is 6.87. The first kappa shape index (κ1) is 15.0. The summed E-state index contributed by atoms with van der Waals surface area (Å²) in [6.07, 6.45) is 3.15. The molecule has 4 heteroatoms. The van der Waals surface area contributed by atoms with Gasteiger partial charge in [0.25, 0.3) is 0 Å². The molecule has 0 aromatic heterocycles. The average molecular weight is 290 g/mol. The Hall–Kier alpha value is 0.620. The molecule has 2 rings (SSSR count). The molecule has 2 nitrogen and oxygen atoms in total. The van der Waals surface area contributed by atoms with Crippen LogP contribution in [-0.2, 0) is 4.74 Å². The Balaban J connectivity index is 1.77. The van der Waals surface area contributed by atoms with Crippen LogP contribution in [0.1, 0.15) is 33.1 Å². The molecule has 2 aliphatic heterocycles. The fourth-order valence-corrected chi connectivity index (χ4v) is 5.32. The lowest BCUT2D eigenvalue weighted by Gasteiger charge is -2.39. The van der Waals surface area contributed by atoms with Crippen LogP contribution >= 0.6 is 23.5 Å². The van der Waals surface area contributed by atoms with Crippen LogP contribution in [0, 0.1) is 11.8 Å². The zero-order valence-corrected chi connectivity index (χ0v) is 13.2. The highest BCUT2D eigenvalue weighted by molar-refractivity contribution is 7.99. The summed E-state index contributed by atoms with van der Waals surface area (Å²) in [4.78, 5) is 0. The normalized spacial score (nSPS) is 34.3. The lowest BCUT2D eigenvalue weighted by molar-refractivity contribution is -0.0977. The highest BCUT2D eigenvalue weighted by Gasteiger charge is 2.42. The molecule has 0 amide bonds. The molecule has 2 fully saturated rings. The SMILES string of the molecule is CC(C)CSCC(O)C1CCOC2(CCSC2)C1. The molecule has 2 aliphatic rings. The zero-order valence-electron chi connectivity index (χ0n) is 11.6. The molecule has 106 valence electrons. The van der Waals surface area contributed by atoms with Gasteiger partial charge in [-0.1, -0.05) is 13.8 Å². The Morgan fingerprint density at radius 1 is 1.44 bits per heavy atom. The molecule has 0 radical (unpaired) electrons. The average Bonchev–Trinajstić information content (AvgIpc) is 2.76. The minimum Gasteiger partial charge on any atom is -0.392 e. The van der Waals surface area contributed by atoms with Gasteiger partial charge < -0.3 is 9.84 Å². The monoisotopic (exact) mass is 290 g/mol. The third-order valence-corrected chi connectivity index (χ3v) is 6.58. The van der Waals surface area contributed by atoms with Crippen molar-refractivity contribution in [2.24, 2.45) is 11.8 Å². The maximum atomic E-state index is 10.3. The van der Waals surface area contributed by atoms with E-state index < -0.39 is 0 Å². The highest BCUT2D eigenvalue weighted by atomic mass is 32.2. The topological polar surface area (TPSA) is 29.5 Å². The molecule has 2 saturated heterocycles. The van der Waals surface area contributed by atoms with Crippen molar-refractivity contribution < 1.29 is 9.84 Å². The molecule has 2 heterocycles. The van der Waals surface area contributed by atoms with Gasteiger partial charge in [-0.15, -0.1) is 0 Å². The van der Waals surface area contributed by atoms with E-state index in [4.69, 9.17) is 4.74 Å². The van der Waals surface area contributed by atoms with E-state index in [0.29, 0.717) is 5.92 Å². The van der Waals surface area contributed by atoms with Crippen molar-refractivity contribution in [1.29, 1.82) is 0 Å². The number of thioether (sulfide) groups is 2. The van der Waals surface area contributed by atoms with Gasteiger partial charge in [0.15, 0.2) is 0 Å². The van der Waals surface area contributed by atoms with Gasteiger partial charge >= 0.3 is 0 Å². The second-order valence-electron chi connectivity index (χ2n) is 6.09. The van der Waals surface area contributed by atoms with Crippen LogP contribution in [0.5, 0.6) is 0 Å². The van der Waals surface area contributed by atoms with E-state index in [0.717, 1.165) is 42.6 Å². The summed E-state index contributed by atoms with van der Waals surface area (Å²) >= 11 is 3.90. The van der Waals surface area contributed by atoms with Crippen LogP contribution in [0.25, 0.3) is 0 Å². The number of ether oxygens (including phenoxy) is 1. The minimum absolute atomic E-state index is 0.108. The minimum atomic E-state index is -0.139. The lowest BCUT2D eigenvalue weighted by Crippen LogP contribution is -2.43. The Morgan fingerprint density at radius 3 is 2.94 bits per heavy atom. The van der Waals surface area contributed by atoms with Gasteiger partial charge in [-0.05, 0) is 42.6 Å². The number of rotatable bonds is 5. The quantitative estimate of drug-likeness (QED) is 0.843. The van der Waals surface area contributed by atoms with Crippen LogP contribution in [0.4, 0.5) is 0 Å². The van der Waals surface area contributed by atoms with Crippen LogP contribution in [0.15, 0.2) is 0 Å². The molecular weight excluding hydrogens is 264 g/mol. The molecule has 1 N–H and O–H groups in total. The molecule has 0 bridgehead atoms. The van der Waals surface area contributed by atoms with Crippen molar-refractivity contribution in [2.75, 3.05) is 29.6 Å². The Morgan fingerprint density at radius 2 is 2.28 bits per heavy atom. The number of hydrogen-bond acceptors (Lipinski definition) is 4. The van der Waals surface area contributed by atoms with E-state index in [1.807, 2.05) is 23.5 Å². The summed E-state index contributed by atoms with van der Waals surface area (Å²) in [6.45, 7) is 5.31. The predicted molar refractivity (Wildman–Crippen MR) is 81.5 cm³/mol. The Kier molecular flexibility index (Phi) is 5.73. The van der Waals surface area contributed by atoms with Gasteiger partial charge in [-0.25, -0.2) is 0 Å². The fraction of sp³-hybridized carbons (Fsp3) is 1.00. The summed E-state index contributed by atoms with van der Waals surface area (Å²) in [7, 11) is 0. The molecule has 1 spiro atoms. The van der Waals surface area contributed by atoms with Gasteiger partial charge in [-0.3, -0.25) is 0 Å². The molecule has 3 unspecified atom stereocenters. The molecule has 0 saturated carbocycles. The summed E-state index contributed by atoms with van der Waals surface area (Å²) in [5.74, 6) is 5.58.